The first-order valence-corrected chi connectivity index (χ1v) is 11.2. The lowest BCUT2D eigenvalue weighted by Crippen LogP contribution is -2.47. The van der Waals surface area contributed by atoms with E-state index in [9.17, 15) is 13.6 Å². The largest absolute Gasteiger partial charge is 0.378 e. The van der Waals surface area contributed by atoms with Gasteiger partial charge in [0, 0.05) is 37.7 Å². The van der Waals surface area contributed by atoms with Gasteiger partial charge in [0.1, 0.15) is 17.3 Å². The summed E-state index contributed by atoms with van der Waals surface area (Å²) in [4.78, 5) is 29.8. The van der Waals surface area contributed by atoms with Gasteiger partial charge in [0.25, 0.3) is 5.92 Å². The van der Waals surface area contributed by atoms with Gasteiger partial charge >= 0.3 is 0 Å². The van der Waals surface area contributed by atoms with E-state index in [1.807, 2.05) is 18.7 Å². The van der Waals surface area contributed by atoms with Crippen LogP contribution in [0, 0.1) is 0 Å². The highest BCUT2D eigenvalue weighted by atomic mass is 19.3. The number of carbonyl (C=O) groups excluding carboxylic acids is 1. The monoisotopic (exact) mass is 448 g/mol. The second kappa shape index (κ2) is 8.02. The number of alkyl halides is 2. The molecule has 9 nitrogen and oxygen atoms in total. The van der Waals surface area contributed by atoms with Crippen LogP contribution in [-0.2, 0) is 21.9 Å². The molecule has 4 heterocycles. The van der Waals surface area contributed by atoms with E-state index in [1.165, 1.54) is 0 Å². The molecule has 0 bridgehead atoms. The predicted octanol–water partition coefficient (Wildman–Crippen LogP) is 2.52. The molecule has 2 aliphatic heterocycles. The highest BCUT2D eigenvalue weighted by molar-refractivity contribution is 5.82. The molecule has 172 valence electrons. The van der Waals surface area contributed by atoms with Crippen LogP contribution >= 0.6 is 0 Å². The van der Waals surface area contributed by atoms with Gasteiger partial charge in [0.2, 0.25) is 23.6 Å². The molecular weight excluding hydrogens is 422 g/mol. The van der Waals surface area contributed by atoms with Crippen LogP contribution in [0.1, 0.15) is 56.2 Å². The van der Waals surface area contributed by atoms with Crippen molar-refractivity contribution in [2.45, 2.75) is 57.4 Å². The summed E-state index contributed by atoms with van der Waals surface area (Å²) < 4.78 is 39.9. The quantitative estimate of drug-likeness (QED) is 0.688. The Labute approximate surface area is 184 Å². The third kappa shape index (κ3) is 3.52. The molecule has 2 atom stereocenters. The van der Waals surface area contributed by atoms with E-state index in [0.717, 1.165) is 6.42 Å². The van der Waals surface area contributed by atoms with E-state index in [4.69, 9.17) is 9.26 Å². The zero-order chi connectivity index (χ0) is 22.5. The van der Waals surface area contributed by atoms with E-state index >= 15 is 0 Å². The molecule has 1 amide bonds. The lowest BCUT2D eigenvalue weighted by Gasteiger charge is -2.39. The molecule has 0 saturated carbocycles. The molecule has 32 heavy (non-hydrogen) atoms. The van der Waals surface area contributed by atoms with Gasteiger partial charge in [-0.15, -0.1) is 0 Å². The molecule has 11 heteroatoms. The molecule has 1 unspecified atom stereocenters. The minimum absolute atomic E-state index is 0.0967. The lowest BCUT2D eigenvalue weighted by molar-refractivity contribution is -0.137. The van der Waals surface area contributed by atoms with Gasteiger partial charge in [0.15, 0.2) is 0 Å². The highest BCUT2D eigenvalue weighted by Crippen LogP contribution is 2.44. The molecule has 2 aromatic heterocycles. The Morgan fingerprint density at radius 3 is 2.66 bits per heavy atom. The zero-order valence-corrected chi connectivity index (χ0v) is 18.2. The number of morpholine rings is 1. The van der Waals surface area contributed by atoms with Gasteiger partial charge in [-0.05, 0) is 26.2 Å². The first kappa shape index (κ1) is 21.2. The van der Waals surface area contributed by atoms with Gasteiger partial charge in [-0.3, -0.25) is 4.79 Å². The normalized spacial score (nSPS) is 23.1. The van der Waals surface area contributed by atoms with Crippen molar-refractivity contribution < 1.29 is 22.8 Å². The fraction of sp³-hybridized carbons (Fsp3) is 0.667. The average molecular weight is 448 g/mol. The van der Waals surface area contributed by atoms with Crippen molar-refractivity contribution in [2.24, 2.45) is 0 Å². The minimum atomic E-state index is -3.01. The lowest BCUT2D eigenvalue weighted by atomic mass is 10.0. The van der Waals surface area contributed by atoms with Crippen LogP contribution in [0.25, 0.3) is 11.5 Å². The van der Waals surface area contributed by atoms with E-state index in [1.54, 1.807) is 4.90 Å². The van der Waals surface area contributed by atoms with Crippen molar-refractivity contribution >= 4 is 11.9 Å². The number of anilines is 1. The average Bonchev–Trinajstić information content (AvgIpc) is 3.38. The van der Waals surface area contributed by atoms with E-state index in [2.05, 4.69) is 20.1 Å². The standard InChI is InChI=1S/C21H26F2N6O3/c1-3-13(19(30)28-8-10-31-11-9-28)18-26-17(27-32-18)15-14-4-6-21(22,23)16(14)25-20(24-15)29-7-5-12(29)2/h12-13H,3-11H2,1-2H3/t12?,13-/m0/s1. The van der Waals surface area contributed by atoms with Crippen LogP contribution in [0.15, 0.2) is 4.52 Å². The van der Waals surface area contributed by atoms with Crippen LogP contribution in [-0.4, -0.2) is 69.8 Å². The summed E-state index contributed by atoms with van der Waals surface area (Å²) in [5, 5.41) is 4.04. The second-order valence-corrected chi connectivity index (χ2v) is 8.59. The molecule has 2 aromatic rings. The maximum absolute atomic E-state index is 14.6. The third-order valence-corrected chi connectivity index (χ3v) is 6.59. The smallest absolute Gasteiger partial charge is 0.290 e. The number of fused-ring (bicyclic) bond motifs is 1. The molecule has 0 N–H and O–H groups in total. The molecular formula is C21H26F2N6O3. The number of carbonyl (C=O) groups is 1. The summed E-state index contributed by atoms with van der Waals surface area (Å²) in [6, 6.07) is 0.187. The summed E-state index contributed by atoms with van der Waals surface area (Å²) in [6.07, 6.45) is 1.26. The van der Waals surface area contributed by atoms with Crippen molar-refractivity contribution in [3.63, 3.8) is 0 Å². The number of amides is 1. The van der Waals surface area contributed by atoms with E-state index in [-0.39, 0.29) is 53.8 Å². The van der Waals surface area contributed by atoms with Crippen LogP contribution in [0.3, 0.4) is 0 Å². The second-order valence-electron chi connectivity index (χ2n) is 8.59. The highest BCUT2D eigenvalue weighted by Gasteiger charge is 2.45. The van der Waals surface area contributed by atoms with Crippen molar-refractivity contribution in [3.8, 4) is 11.5 Å². The maximum Gasteiger partial charge on any atom is 0.290 e. The zero-order valence-electron chi connectivity index (χ0n) is 18.2. The van der Waals surface area contributed by atoms with Gasteiger partial charge in [-0.25, -0.2) is 9.97 Å². The van der Waals surface area contributed by atoms with Crippen LogP contribution in [0.5, 0.6) is 0 Å². The molecule has 1 aliphatic carbocycles. The molecule has 5 rings (SSSR count). The Hall–Kier alpha value is -2.69. The predicted molar refractivity (Wildman–Crippen MR) is 109 cm³/mol. The van der Waals surface area contributed by atoms with Crippen molar-refractivity contribution in [2.75, 3.05) is 37.7 Å². The summed E-state index contributed by atoms with van der Waals surface area (Å²) in [6.45, 7) is 6.62. The number of rotatable bonds is 5. The van der Waals surface area contributed by atoms with Crippen LogP contribution in [0.2, 0.25) is 0 Å². The maximum atomic E-state index is 14.6. The number of ether oxygens (including phenoxy) is 1. The van der Waals surface area contributed by atoms with Gasteiger partial charge < -0.3 is 19.1 Å². The Morgan fingerprint density at radius 1 is 1.22 bits per heavy atom. The molecule has 3 aliphatic rings. The Bertz CT molecular complexity index is 1020. The molecule has 0 radical (unpaired) electrons. The van der Waals surface area contributed by atoms with Crippen molar-refractivity contribution in [1.82, 2.24) is 25.0 Å². The summed E-state index contributed by atoms with van der Waals surface area (Å²) in [7, 11) is 0. The minimum Gasteiger partial charge on any atom is -0.378 e. The Balaban J connectivity index is 1.50. The van der Waals surface area contributed by atoms with Gasteiger partial charge in [-0.1, -0.05) is 12.1 Å². The molecule has 0 spiro atoms. The third-order valence-electron chi connectivity index (χ3n) is 6.59. The van der Waals surface area contributed by atoms with Crippen LogP contribution in [0.4, 0.5) is 14.7 Å². The number of nitrogens with zero attached hydrogens (tertiary/aromatic N) is 6. The Kier molecular flexibility index (Phi) is 5.31. The van der Waals surface area contributed by atoms with E-state index in [0.29, 0.717) is 44.8 Å². The summed E-state index contributed by atoms with van der Waals surface area (Å²) in [5.74, 6) is -3.14. The van der Waals surface area contributed by atoms with Crippen LogP contribution < -0.4 is 4.90 Å². The molecule has 2 saturated heterocycles. The number of halogens is 2. The van der Waals surface area contributed by atoms with Gasteiger partial charge in [0.05, 0.1) is 13.2 Å². The van der Waals surface area contributed by atoms with Crippen molar-refractivity contribution in [1.29, 1.82) is 0 Å². The SMILES string of the molecule is CC[C@H](C(=O)N1CCOCC1)c1nc(-c2nc(N3CCC3C)nc3c2CCC3(F)F)no1. The fourth-order valence-electron chi connectivity index (χ4n) is 4.47. The first-order chi connectivity index (χ1) is 15.4. The van der Waals surface area contributed by atoms with E-state index < -0.39 is 11.8 Å². The number of hydrogen-bond donors (Lipinski definition) is 0. The summed E-state index contributed by atoms with van der Waals surface area (Å²) in [5.41, 5.74) is 0.371. The first-order valence-electron chi connectivity index (χ1n) is 11.2. The topological polar surface area (TPSA) is 97.5 Å². The number of hydrogen-bond acceptors (Lipinski definition) is 8. The fourth-order valence-corrected chi connectivity index (χ4v) is 4.47. The number of aromatic nitrogens is 4. The van der Waals surface area contributed by atoms with Crippen molar-refractivity contribution in [3.05, 3.63) is 17.1 Å². The molecule has 0 aromatic carbocycles. The van der Waals surface area contributed by atoms with Gasteiger partial charge in [-0.2, -0.15) is 13.8 Å². The summed E-state index contributed by atoms with van der Waals surface area (Å²) >= 11 is 0. The Morgan fingerprint density at radius 2 is 2.00 bits per heavy atom. The molecule has 2 fully saturated rings.